The lowest BCUT2D eigenvalue weighted by Gasteiger charge is -2.15. The molecule has 104 valence electrons. The highest BCUT2D eigenvalue weighted by molar-refractivity contribution is 5.74. The van der Waals surface area contributed by atoms with E-state index in [0.29, 0.717) is 25.2 Å². The summed E-state index contributed by atoms with van der Waals surface area (Å²) >= 11 is 0. The van der Waals surface area contributed by atoms with Gasteiger partial charge in [-0.3, -0.25) is 4.79 Å². The second-order valence-corrected chi connectivity index (χ2v) is 4.35. The summed E-state index contributed by atoms with van der Waals surface area (Å²) < 4.78 is 1.18. The third kappa shape index (κ3) is 3.65. The molecule has 1 fully saturated rings. The molecular formula is C10H15N5O4. The van der Waals surface area contributed by atoms with Gasteiger partial charge in [0.05, 0.1) is 18.8 Å². The average Bonchev–Trinajstić information content (AvgIpc) is 2.94. The van der Waals surface area contributed by atoms with Gasteiger partial charge in [0.1, 0.15) is 12.2 Å². The Bertz CT molecular complexity index is 474. The summed E-state index contributed by atoms with van der Waals surface area (Å²) in [6.45, 7) is 0.764. The smallest absolute Gasteiger partial charge is 0.325 e. The molecule has 1 saturated heterocycles. The topological polar surface area (TPSA) is 121 Å². The van der Waals surface area contributed by atoms with Crippen molar-refractivity contribution in [2.45, 2.75) is 25.6 Å². The van der Waals surface area contributed by atoms with Crippen LogP contribution < -0.4 is 5.32 Å². The first kappa shape index (κ1) is 13.3. The van der Waals surface area contributed by atoms with Gasteiger partial charge < -0.3 is 20.4 Å². The number of β-amino-alcohol motifs (C(OH)–C–C–N with tert-alkyl or cyclic N) is 1. The van der Waals surface area contributed by atoms with E-state index in [1.165, 1.54) is 15.8 Å². The van der Waals surface area contributed by atoms with Crippen LogP contribution in [0, 0.1) is 0 Å². The maximum Gasteiger partial charge on any atom is 0.325 e. The first-order valence-electron chi connectivity index (χ1n) is 5.86. The molecule has 0 saturated carbocycles. The number of aliphatic hydroxyl groups is 1. The van der Waals surface area contributed by atoms with Crippen LogP contribution in [-0.2, 0) is 17.9 Å². The summed E-state index contributed by atoms with van der Waals surface area (Å²) in [5.41, 5.74) is 0.481. The van der Waals surface area contributed by atoms with Gasteiger partial charge in [-0.05, 0) is 6.42 Å². The fraction of sp³-hybridized carbons (Fsp3) is 0.600. The number of rotatable bonds is 4. The Labute approximate surface area is 108 Å². The Morgan fingerprint density at radius 2 is 2.32 bits per heavy atom. The number of nitrogens with one attached hydrogen (secondary N) is 1. The molecule has 9 heteroatoms. The van der Waals surface area contributed by atoms with Crippen molar-refractivity contribution in [2.75, 3.05) is 13.1 Å². The van der Waals surface area contributed by atoms with E-state index in [9.17, 15) is 14.7 Å². The summed E-state index contributed by atoms with van der Waals surface area (Å²) in [6.07, 6.45) is 1.59. The van der Waals surface area contributed by atoms with Crippen LogP contribution in [0.5, 0.6) is 0 Å². The van der Waals surface area contributed by atoms with Crippen molar-refractivity contribution in [3.8, 4) is 0 Å². The van der Waals surface area contributed by atoms with Crippen molar-refractivity contribution in [2.24, 2.45) is 0 Å². The van der Waals surface area contributed by atoms with E-state index in [1.54, 1.807) is 0 Å². The number of hydrogen-bond acceptors (Lipinski definition) is 5. The number of carboxylic acid groups (broad SMARTS) is 1. The molecule has 2 amide bonds. The summed E-state index contributed by atoms with van der Waals surface area (Å²) in [5.74, 6) is -1.01. The van der Waals surface area contributed by atoms with Gasteiger partial charge in [0.25, 0.3) is 0 Å². The highest BCUT2D eigenvalue weighted by Gasteiger charge is 2.24. The molecule has 2 rings (SSSR count). The maximum absolute atomic E-state index is 11.7. The quantitative estimate of drug-likeness (QED) is 0.620. The second kappa shape index (κ2) is 5.65. The molecule has 1 unspecified atom stereocenters. The van der Waals surface area contributed by atoms with Crippen molar-refractivity contribution >= 4 is 12.0 Å². The Balaban J connectivity index is 1.80. The molecule has 0 aromatic carbocycles. The monoisotopic (exact) mass is 269 g/mol. The lowest BCUT2D eigenvalue weighted by Crippen LogP contribution is -2.38. The van der Waals surface area contributed by atoms with Gasteiger partial charge in [-0.2, -0.15) is 0 Å². The van der Waals surface area contributed by atoms with Crippen molar-refractivity contribution in [3.63, 3.8) is 0 Å². The van der Waals surface area contributed by atoms with Crippen molar-refractivity contribution in [3.05, 3.63) is 11.9 Å². The minimum absolute atomic E-state index is 0.172. The lowest BCUT2D eigenvalue weighted by atomic mass is 10.3. The van der Waals surface area contributed by atoms with Crippen LogP contribution in [0.25, 0.3) is 0 Å². The summed E-state index contributed by atoms with van der Waals surface area (Å²) in [7, 11) is 0. The molecule has 1 aliphatic heterocycles. The first-order valence-corrected chi connectivity index (χ1v) is 5.86. The molecular weight excluding hydrogens is 254 g/mol. The van der Waals surface area contributed by atoms with Crippen LogP contribution in [0.15, 0.2) is 6.20 Å². The number of nitrogens with zero attached hydrogens (tertiary/aromatic N) is 4. The third-order valence-electron chi connectivity index (χ3n) is 2.75. The van der Waals surface area contributed by atoms with E-state index in [1.807, 2.05) is 0 Å². The molecule has 1 aromatic rings. The van der Waals surface area contributed by atoms with Crippen LogP contribution in [-0.4, -0.2) is 61.3 Å². The van der Waals surface area contributed by atoms with E-state index < -0.39 is 12.1 Å². The number of aromatic nitrogens is 3. The largest absolute Gasteiger partial charge is 0.480 e. The fourth-order valence-electron chi connectivity index (χ4n) is 1.84. The number of carbonyl (C=O) groups excluding carboxylic acids is 1. The predicted molar refractivity (Wildman–Crippen MR) is 62.1 cm³/mol. The van der Waals surface area contributed by atoms with Crippen molar-refractivity contribution in [1.82, 2.24) is 25.2 Å². The molecule has 1 aliphatic rings. The van der Waals surface area contributed by atoms with Crippen LogP contribution >= 0.6 is 0 Å². The average molecular weight is 269 g/mol. The highest BCUT2D eigenvalue weighted by Crippen LogP contribution is 2.08. The molecule has 1 aromatic heterocycles. The Morgan fingerprint density at radius 3 is 2.95 bits per heavy atom. The molecule has 2 heterocycles. The van der Waals surface area contributed by atoms with Gasteiger partial charge in [-0.15, -0.1) is 5.10 Å². The van der Waals surface area contributed by atoms with E-state index in [-0.39, 0.29) is 19.1 Å². The number of likely N-dealkylation sites (tertiary alicyclic amines) is 1. The molecule has 0 radical (unpaired) electrons. The third-order valence-corrected chi connectivity index (χ3v) is 2.75. The number of carbonyl (C=O) groups is 2. The van der Waals surface area contributed by atoms with E-state index in [4.69, 9.17) is 5.11 Å². The van der Waals surface area contributed by atoms with Gasteiger partial charge in [-0.25, -0.2) is 9.48 Å². The van der Waals surface area contributed by atoms with Crippen molar-refractivity contribution in [1.29, 1.82) is 0 Å². The lowest BCUT2D eigenvalue weighted by molar-refractivity contribution is -0.137. The molecule has 1 atom stereocenters. The summed E-state index contributed by atoms with van der Waals surface area (Å²) in [5, 5.41) is 27.9. The number of urea groups is 1. The second-order valence-electron chi connectivity index (χ2n) is 4.35. The number of amides is 2. The fourth-order valence-corrected chi connectivity index (χ4v) is 1.84. The SMILES string of the molecule is O=C(O)Cn1cc(CNC(=O)N2CCC(O)C2)nn1. The number of hydrogen-bond donors (Lipinski definition) is 3. The van der Waals surface area contributed by atoms with Crippen LogP contribution in [0.2, 0.25) is 0 Å². The van der Waals surface area contributed by atoms with Crippen LogP contribution in [0.1, 0.15) is 12.1 Å². The van der Waals surface area contributed by atoms with E-state index in [0.717, 1.165) is 0 Å². The zero-order valence-corrected chi connectivity index (χ0v) is 10.2. The number of aliphatic carboxylic acids is 1. The molecule has 9 nitrogen and oxygen atoms in total. The van der Waals surface area contributed by atoms with E-state index >= 15 is 0 Å². The van der Waals surface area contributed by atoms with Gasteiger partial charge in [-0.1, -0.05) is 5.21 Å². The van der Waals surface area contributed by atoms with Gasteiger partial charge in [0.2, 0.25) is 0 Å². The standard InChI is InChI=1S/C10H15N5O4/c16-8-1-2-14(5-8)10(19)11-3-7-4-15(13-12-7)6-9(17)18/h4,8,16H,1-3,5-6H2,(H,11,19)(H,17,18). The van der Waals surface area contributed by atoms with Crippen LogP contribution in [0.3, 0.4) is 0 Å². The van der Waals surface area contributed by atoms with Gasteiger partial charge >= 0.3 is 12.0 Å². The van der Waals surface area contributed by atoms with E-state index in [2.05, 4.69) is 15.6 Å². The number of aliphatic hydroxyl groups excluding tert-OH is 1. The van der Waals surface area contributed by atoms with Gasteiger partial charge in [0.15, 0.2) is 0 Å². The predicted octanol–water partition coefficient (Wildman–Crippen LogP) is -1.36. The molecule has 19 heavy (non-hydrogen) atoms. The normalized spacial score (nSPS) is 18.6. The summed E-state index contributed by atoms with van der Waals surface area (Å²) in [4.78, 5) is 23.7. The highest BCUT2D eigenvalue weighted by atomic mass is 16.4. The Kier molecular flexibility index (Phi) is 3.95. The zero-order valence-electron chi connectivity index (χ0n) is 10.2. The van der Waals surface area contributed by atoms with Crippen LogP contribution in [0.4, 0.5) is 4.79 Å². The molecule has 0 spiro atoms. The molecule has 0 aliphatic carbocycles. The first-order chi connectivity index (χ1) is 9.04. The minimum Gasteiger partial charge on any atom is -0.480 e. The van der Waals surface area contributed by atoms with Crippen molar-refractivity contribution < 1.29 is 19.8 Å². The maximum atomic E-state index is 11.7. The number of carboxylic acids is 1. The zero-order chi connectivity index (χ0) is 13.8. The summed E-state index contributed by atoms with van der Waals surface area (Å²) in [6, 6.07) is -0.274. The minimum atomic E-state index is -1.01. The van der Waals surface area contributed by atoms with Gasteiger partial charge in [0, 0.05) is 13.1 Å². The molecule has 0 bridgehead atoms. The molecule has 3 N–H and O–H groups in total. The Morgan fingerprint density at radius 1 is 1.53 bits per heavy atom. The Hall–Kier alpha value is -2.16.